The van der Waals surface area contributed by atoms with Crippen LogP contribution in [0.1, 0.15) is 33.4 Å². The molecule has 0 aliphatic carbocycles. The lowest BCUT2D eigenvalue weighted by molar-refractivity contribution is -0.117. The Morgan fingerprint density at radius 3 is 1.91 bits per heavy atom. The van der Waals surface area contributed by atoms with E-state index in [1.807, 2.05) is 81.4 Å². The van der Waals surface area contributed by atoms with Gasteiger partial charge in [0.15, 0.2) is 0 Å². The van der Waals surface area contributed by atoms with Gasteiger partial charge in [-0.1, -0.05) is 54.1 Å². The first-order chi connectivity index (χ1) is 15.0. The summed E-state index contributed by atoms with van der Waals surface area (Å²) in [6.07, 6.45) is 0.237. The monoisotopic (exact) mass is 450 g/mol. The van der Waals surface area contributed by atoms with E-state index in [-0.39, 0.29) is 11.3 Å². The predicted octanol–water partition coefficient (Wildman–Crippen LogP) is 4.76. The van der Waals surface area contributed by atoms with Crippen LogP contribution in [-0.2, 0) is 21.2 Å². The summed E-state index contributed by atoms with van der Waals surface area (Å²) in [5, 5.41) is 2.89. The number of hydrogen-bond donors (Lipinski definition) is 2. The highest BCUT2D eigenvalue weighted by Crippen LogP contribution is 2.23. The van der Waals surface area contributed by atoms with E-state index in [1.54, 1.807) is 13.8 Å². The number of anilines is 1. The van der Waals surface area contributed by atoms with Gasteiger partial charge in [0.2, 0.25) is 15.9 Å². The quantitative estimate of drug-likeness (QED) is 0.545. The van der Waals surface area contributed by atoms with Crippen LogP contribution in [0.15, 0.2) is 65.6 Å². The molecule has 0 saturated carbocycles. The summed E-state index contributed by atoms with van der Waals surface area (Å²) < 4.78 is 29.4. The zero-order chi connectivity index (χ0) is 23.5. The van der Waals surface area contributed by atoms with Crippen LogP contribution in [0, 0.1) is 34.6 Å². The highest BCUT2D eigenvalue weighted by molar-refractivity contribution is 7.89. The Labute approximate surface area is 190 Å². The van der Waals surface area contributed by atoms with E-state index in [2.05, 4.69) is 10.0 Å². The number of carbonyl (C=O) groups is 1. The summed E-state index contributed by atoms with van der Waals surface area (Å²) >= 11 is 0. The average Bonchev–Trinajstić information content (AvgIpc) is 2.66. The molecule has 0 bridgehead atoms. The molecular weight excluding hydrogens is 420 g/mol. The first kappa shape index (κ1) is 23.7. The van der Waals surface area contributed by atoms with Crippen LogP contribution in [0.3, 0.4) is 0 Å². The van der Waals surface area contributed by atoms with Crippen LogP contribution in [0.2, 0.25) is 0 Å². The van der Waals surface area contributed by atoms with Crippen LogP contribution in [-0.4, -0.2) is 20.4 Å². The lowest BCUT2D eigenvalue weighted by atomic mass is 10.1. The van der Waals surface area contributed by atoms with Gasteiger partial charge in [0.25, 0.3) is 0 Å². The molecule has 6 heteroatoms. The van der Waals surface area contributed by atoms with Crippen LogP contribution in [0.25, 0.3) is 0 Å². The summed E-state index contributed by atoms with van der Waals surface area (Å²) in [6.45, 7) is 9.39. The smallest absolute Gasteiger partial charge is 0.242 e. The molecule has 0 fully saturated rings. The molecule has 0 aliphatic heterocycles. The Kier molecular flexibility index (Phi) is 7.16. The standard InChI is InChI=1S/C26H30N2O3S/c1-17-11-18(2)15-23(14-17)27-26(29)24(16-22-9-7-6-8-10-22)28-32(30,31)25-20(4)12-19(3)13-21(25)5/h6-15,24,28H,16H2,1-5H3,(H,27,29). The summed E-state index contributed by atoms with van der Waals surface area (Å²) in [6, 6.07) is 17.9. The first-order valence-electron chi connectivity index (χ1n) is 10.6. The van der Waals surface area contributed by atoms with Crippen molar-refractivity contribution in [1.29, 1.82) is 0 Å². The highest BCUT2D eigenvalue weighted by atomic mass is 32.2. The van der Waals surface area contributed by atoms with Gasteiger partial charge in [-0.25, -0.2) is 8.42 Å². The Balaban J connectivity index is 1.94. The number of amides is 1. The van der Waals surface area contributed by atoms with E-state index in [4.69, 9.17) is 0 Å². The number of hydrogen-bond acceptors (Lipinski definition) is 3. The minimum atomic E-state index is -3.92. The summed E-state index contributed by atoms with van der Waals surface area (Å²) in [7, 11) is -3.92. The Morgan fingerprint density at radius 1 is 0.812 bits per heavy atom. The van der Waals surface area contributed by atoms with Crippen molar-refractivity contribution in [3.63, 3.8) is 0 Å². The maximum Gasteiger partial charge on any atom is 0.242 e. The summed E-state index contributed by atoms with van der Waals surface area (Å²) in [5.41, 5.74) is 5.86. The van der Waals surface area contributed by atoms with Crippen LogP contribution < -0.4 is 10.0 Å². The molecule has 0 aromatic heterocycles. The molecule has 3 aromatic rings. The van der Waals surface area contributed by atoms with Gasteiger partial charge >= 0.3 is 0 Å². The zero-order valence-corrected chi connectivity index (χ0v) is 20.0. The Hall–Kier alpha value is -2.96. The third-order valence-corrected chi connectivity index (χ3v) is 7.04. The first-order valence-corrected chi connectivity index (χ1v) is 12.1. The second kappa shape index (κ2) is 9.67. The van der Waals surface area contributed by atoms with E-state index < -0.39 is 22.0 Å². The molecule has 2 N–H and O–H groups in total. The predicted molar refractivity (Wildman–Crippen MR) is 129 cm³/mol. The van der Waals surface area contributed by atoms with Crippen molar-refractivity contribution in [2.24, 2.45) is 0 Å². The molecule has 32 heavy (non-hydrogen) atoms. The van der Waals surface area contributed by atoms with E-state index in [0.717, 1.165) is 22.3 Å². The lowest BCUT2D eigenvalue weighted by Gasteiger charge is -2.21. The maximum absolute atomic E-state index is 13.4. The van der Waals surface area contributed by atoms with Crippen molar-refractivity contribution in [3.05, 3.63) is 94.0 Å². The van der Waals surface area contributed by atoms with Crippen LogP contribution in [0.5, 0.6) is 0 Å². The largest absolute Gasteiger partial charge is 0.325 e. The molecule has 0 radical (unpaired) electrons. The molecule has 1 unspecified atom stereocenters. The van der Waals surface area contributed by atoms with Gasteiger partial charge in [-0.2, -0.15) is 4.72 Å². The number of sulfonamides is 1. The molecule has 0 saturated heterocycles. The fourth-order valence-electron chi connectivity index (χ4n) is 4.15. The average molecular weight is 451 g/mol. The molecule has 3 aromatic carbocycles. The van der Waals surface area contributed by atoms with Gasteiger partial charge in [0.1, 0.15) is 6.04 Å². The molecule has 5 nitrogen and oxygen atoms in total. The van der Waals surface area contributed by atoms with Crippen molar-refractivity contribution in [2.75, 3.05) is 5.32 Å². The number of aryl methyl sites for hydroxylation is 5. The third-order valence-electron chi connectivity index (χ3n) is 5.26. The van der Waals surface area contributed by atoms with Gasteiger partial charge in [0.05, 0.1) is 4.90 Å². The molecular formula is C26H30N2O3S. The highest BCUT2D eigenvalue weighted by Gasteiger charge is 2.28. The summed E-state index contributed by atoms with van der Waals surface area (Å²) in [5.74, 6) is -0.398. The van der Waals surface area contributed by atoms with Crippen LogP contribution >= 0.6 is 0 Å². The number of benzene rings is 3. The van der Waals surface area contributed by atoms with E-state index in [9.17, 15) is 13.2 Å². The van der Waals surface area contributed by atoms with Gasteiger partial charge in [-0.05, 0) is 81.0 Å². The normalized spacial score (nSPS) is 12.4. The van der Waals surface area contributed by atoms with Crippen molar-refractivity contribution < 1.29 is 13.2 Å². The molecule has 0 heterocycles. The van der Waals surface area contributed by atoms with Gasteiger partial charge in [-0.3, -0.25) is 4.79 Å². The third kappa shape index (κ3) is 5.84. The topological polar surface area (TPSA) is 75.3 Å². The van der Waals surface area contributed by atoms with Crippen molar-refractivity contribution >= 4 is 21.6 Å². The molecule has 168 valence electrons. The second-order valence-corrected chi connectivity index (χ2v) is 10.1. The van der Waals surface area contributed by atoms with Crippen molar-refractivity contribution in [3.8, 4) is 0 Å². The van der Waals surface area contributed by atoms with Gasteiger partial charge in [-0.15, -0.1) is 0 Å². The molecule has 0 aliphatic rings. The molecule has 3 rings (SSSR count). The minimum Gasteiger partial charge on any atom is -0.325 e. The zero-order valence-electron chi connectivity index (χ0n) is 19.2. The van der Waals surface area contributed by atoms with E-state index in [0.29, 0.717) is 16.8 Å². The number of rotatable bonds is 7. The lowest BCUT2D eigenvalue weighted by Crippen LogP contribution is -2.45. The van der Waals surface area contributed by atoms with E-state index >= 15 is 0 Å². The van der Waals surface area contributed by atoms with Crippen molar-refractivity contribution in [2.45, 2.75) is 52.0 Å². The fraction of sp³-hybridized carbons (Fsp3) is 0.269. The Bertz CT molecular complexity index is 1190. The second-order valence-electron chi connectivity index (χ2n) is 8.46. The SMILES string of the molecule is Cc1cc(C)cc(NC(=O)C(Cc2ccccc2)NS(=O)(=O)c2c(C)cc(C)cc2C)c1. The molecule has 1 atom stereocenters. The maximum atomic E-state index is 13.4. The van der Waals surface area contributed by atoms with Gasteiger partial charge in [0, 0.05) is 5.69 Å². The molecule has 0 spiro atoms. The van der Waals surface area contributed by atoms with Crippen LogP contribution in [0.4, 0.5) is 5.69 Å². The minimum absolute atomic E-state index is 0.223. The number of nitrogens with one attached hydrogen (secondary N) is 2. The summed E-state index contributed by atoms with van der Waals surface area (Å²) in [4.78, 5) is 13.5. The fourth-order valence-corrected chi connectivity index (χ4v) is 5.80. The molecule has 1 amide bonds. The number of carbonyl (C=O) groups excluding carboxylic acids is 1. The van der Waals surface area contributed by atoms with Gasteiger partial charge < -0.3 is 5.32 Å². The van der Waals surface area contributed by atoms with Crippen molar-refractivity contribution in [1.82, 2.24) is 4.72 Å². The van der Waals surface area contributed by atoms with E-state index in [1.165, 1.54) is 0 Å². The Morgan fingerprint density at radius 2 is 1.34 bits per heavy atom.